The Balaban J connectivity index is 2.69. The minimum absolute atomic E-state index is 0.0284. The van der Waals surface area contributed by atoms with Crippen LogP contribution in [0.1, 0.15) is 24.2 Å². The molecule has 0 aliphatic heterocycles. The topological polar surface area (TPSA) is 34.1 Å². The van der Waals surface area contributed by atoms with Crippen LogP contribution in [-0.2, 0) is 4.79 Å². The highest BCUT2D eigenvalue weighted by Crippen LogP contribution is 2.02. The van der Waals surface area contributed by atoms with E-state index in [1.807, 2.05) is 6.07 Å². The molecule has 0 aromatic heterocycles. The lowest BCUT2D eigenvalue weighted by atomic mass is 10.1. The van der Waals surface area contributed by atoms with Gasteiger partial charge in [0.15, 0.2) is 11.6 Å². The summed E-state index contributed by atoms with van der Waals surface area (Å²) < 4.78 is 0. The van der Waals surface area contributed by atoms with Gasteiger partial charge >= 0.3 is 0 Å². The third-order valence-electron chi connectivity index (χ3n) is 2.03. The van der Waals surface area contributed by atoms with E-state index in [1.54, 1.807) is 38.1 Å². The highest BCUT2D eigenvalue weighted by molar-refractivity contribution is 6.08. The highest BCUT2D eigenvalue weighted by atomic mass is 16.1. The van der Waals surface area contributed by atoms with Crippen LogP contribution in [0.5, 0.6) is 0 Å². The molecule has 0 spiro atoms. The number of hydrogen-bond donors (Lipinski definition) is 0. The number of hydrogen-bond acceptors (Lipinski definition) is 2. The van der Waals surface area contributed by atoms with Gasteiger partial charge in [0.05, 0.1) is 0 Å². The number of allylic oxidation sites excluding steroid dienone is 2. The fourth-order valence-corrected chi connectivity index (χ4v) is 1.05. The summed E-state index contributed by atoms with van der Waals surface area (Å²) in [6.45, 7) is 3.61. The zero-order chi connectivity index (χ0) is 11.3. The molecular weight excluding hydrogens is 188 g/mol. The van der Waals surface area contributed by atoms with E-state index >= 15 is 0 Å². The number of ketones is 2. The molecule has 0 aliphatic rings. The molecule has 78 valence electrons. The first-order chi connectivity index (χ1) is 7.11. The van der Waals surface area contributed by atoms with Crippen molar-refractivity contribution in [1.82, 2.24) is 0 Å². The lowest BCUT2D eigenvalue weighted by Crippen LogP contribution is -2.03. The van der Waals surface area contributed by atoms with Crippen LogP contribution in [-0.4, -0.2) is 11.6 Å². The molecule has 0 fully saturated rings. The van der Waals surface area contributed by atoms with E-state index in [-0.39, 0.29) is 17.5 Å². The van der Waals surface area contributed by atoms with Gasteiger partial charge in [-0.15, -0.1) is 0 Å². The van der Waals surface area contributed by atoms with Crippen molar-refractivity contribution in [2.24, 2.45) is 5.92 Å². The third kappa shape index (κ3) is 3.50. The zero-order valence-electron chi connectivity index (χ0n) is 8.94. The number of carbonyl (C=O) groups excluding carboxylic acids is 2. The van der Waals surface area contributed by atoms with Gasteiger partial charge in [0.1, 0.15) is 0 Å². The van der Waals surface area contributed by atoms with E-state index in [0.29, 0.717) is 5.56 Å². The Morgan fingerprint density at radius 3 is 2.20 bits per heavy atom. The summed E-state index contributed by atoms with van der Waals surface area (Å²) in [4.78, 5) is 22.8. The molecule has 0 unspecified atom stereocenters. The summed E-state index contributed by atoms with van der Waals surface area (Å²) in [6.07, 6.45) is 2.68. The fourth-order valence-electron chi connectivity index (χ4n) is 1.05. The molecule has 0 N–H and O–H groups in total. The summed E-state index contributed by atoms with van der Waals surface area (Å²) in [5.74, 6) is -0.228. The SMILES string of the molecule is CC(C)C(=O)/C=C\C(=O)c1ccccc1. The maximum absolute atomic E-state index is 11.5. The lowest BCUT2D eigenvalue weighted by Gasteiger charge is -1.96. The molecule has 0 radical (unpaired) electrons. The maximum Gasteiger partial charge on any atom is 0.185 e. The molecule has 0 aliphatic carbocycles. The van der Waals surface area contributed by atoms with Crippen LogP contribution >= 0.6 is 0 Å². The zero-order valence-corrected chi connectivity index (χ0v) is 8.94. The smallest absolute Gasteiger partial charge is 0.185 e. The van der Waals surface area contributed by atoms with Gasteiger partial charge in [-0.3, -0.25) is 9.59 Å². The standard InChI is InChI=1S/C13H14O2/c1-10(2)12(14)8-9-13(15)11-6-4-3-5-7-11/h3-10H,1-2H3/b9-8-. The van der Waals surface area contributed by atoms with Crippen molar-refractivity contribution in [2.45, 2.75) is 13.8 Å². The van der Waals surface area contributed by atoms with E-state index in [1.165, 1.54) is 12.2 Å². The largest absolute Gasteiger partial charge is 0.295 e. The number of rotatable bonds is 4. The predicted octanol–water partition coefficient (Wildman–Crippen LogP) is 2.65. The van der Waals surface area contributed by atoms with Crippen LogP contribution in [0.25, 0.3) is 0 Å². The van der Waals surface area contributed by atoms with Crippen LogP contribution in [0.3, 0.4) is 0 Å². The number of benzene rings is 1. The van der Waals surface area contributed by atoms with Gasteiger partial charge in [0, 0.05) is 11.5 Å². The quantitative estimate of drug-likeness (QED) is 0.555. The summed E-state index contributed by atoms with van der Waals surface area (Å²) in [6, 6.07) is 8.90. The average molecular weight is 202 g/mol. The molecule has 0 atom stereocenters. The van der Waals surface area contributed by atoms with E-state index in [4.69, 9.17) is 0 Å². The molecule has 0 saturated carbocycles. The average Bonchev–Trinajstić information content (AvgIpc) is 2.26. The molecule has 2 heteroatoms. The van der Waals surface area contributed by atoms with Crippen molar-refractivity contribution >= 4 is 11.6 Å². The summed E-state index contributed by atoms with van der Waals surface area (Å²) >= 11 is 0. The second kappa shape index (κ2) is 5.25. The second-order valence-corrected chi connectivity index (χ2v) is 3.62. The van der Waals surface area contributed by atoms with E-state index < -0.39 is 0 Å². The summed E-state index contributed by atoms with van der Waals surface area (Å²) in [5.41, 5.74) is 0.602. The van der Waals surface area contributed by atoms with Crippen LogP contribution in [0, 0.1) is 5.92 Å². The first kappa shape index (κ1) is 11.4. The molecule has 1 rings (SSSR count). The van der Waals surface area contributed by atoms with Gasteiger partial charge in [-0.05, 0) is 12.2 Å². The normalized spacial score (nSPS) is 10.9. The Morgan fingerprint density at radius 2 is 1.67 bits per heavy atom. The summed E-state index contributed by atoms with van der Waals surface area (Å²) in [7, 11) is 0. The van der Waals surface area contributed by atoms with Crippen LogP contribution in [0.15, 0.2) is 42.5 Å². The minimum atomic E-state index is -0.135. The monoisotopic (exact) mass is 202 g/mol. The predicted molar refractivity (Wildman–Crippen MR) is 59.8 cm³/mol. The van der Waals surface area contributed by atoms with Gasteiger partial charge in [0.25, 0.3) is 0 Å². The second-order valence-electron chi connectivity index (χ2n) is 3.62. The lowest BCUT2D eigenvalue weighted by molar-refractivity contribution is -0.117. The van der Waals surface area contributed by atoms with Crippen molar-refractivity contribution in [3.05, 3.63) is 48.0 Å². The highest BCUT2D eigenvalue weighted by Gasteiger charge is 2.04. The first-order valence-corrected chi connectivity index (χ1v) is 4.92. The Hall–Kier alpha value is -1.70. The Kier molecular flexibility index (Phi) is 3.98. The van der Waals surface area contributed by atoms with E-state index in [0.717, 1.165) is 0 Å². The first-order valence-electron chi connectivity index (χ1n) is 4.92. The van der Waals surface area contributed by atoms with Gasteiger partial charge in [-0.1, -0.05) is 44.2 Å². The maximum atomic E-state index is 11.5. The molecule has 2 nitrogen and oxygen atoms in total. The van der Waals surface area contributed by atoms with E-state index in [2.05, 4.69) is 0 Å². The molecule has 0 heterocycles. The molecular formula is C13H14O2. The molecule has 1 aromatic carbocycles. The van der Waals surface area contributed by atoms with Crippen molar-refractivity contribution in [2.75, 3.05) is 0 Å². The molecule has 1 aromatic rings. The molecule has 0 amide bonds. The van der Waals surface area contributed by atoms with Crippen LogP contribution < -0.4 is 0 Å². The third-order valence-corrected chi connectivity index (χ3v) is 2.03. The van der Waals surface area contributed by atoms with Gasteiger partial charge < -0.3 is 0 Å². The fraction of sp³-hybridized carbons (Fsp3) is 0.231. The number of carbonyl (C=O) groups is 2. The summed E-state index contributed by atoms with van der Waals surface area (Å²) in [5, 5.41) is 0. The Morgan fingerprint density at radius 1 is 1.07 bits per heavy atom. The minimum Gasteiger partial charge on any atom is -0.295 e. The molecule has 0 bridgehead atoms. The van der Waals surface area contributed by atoms with Crippen molar-refractivity contribution < 1.29 is 9.59 Å². The van der Waals surface area contributed by atoms with E-state index in [9.17, 15) is 9.59 Å². The van der Waals surface area contributed by atoms with Gasteiger partial charge in [-0.2, -0.15) is 0 Å². The van der Waals surface area contributed by atoms with Crippen molar-refractivity contribution in [1.29, 1.82) is 0 Å². The van der Waals surface area contributed by atoms with Crippen molar-refractivity contribution in [3.63, 3.8) is 0 Å². The Labute approximate surface area is 89.6 Å². The molecule has 15 heavy (non-hydrogen) atoms. The molecule has 0 saturated heterocycles. The van der Waals surface area contributed by atoms with Gasteiger partial charge in [0.2, 0.25) is 0 Å². The van der Waals surface area contributed by atoms with Crippen LogP contribution in [0.4, 0.5) is 0 Å². The van der Waals surface area contributed by atoms with Crippen LogP contribution in [0.2, 0.25) is 0 Å². The Bertz CT molecular complexity index is 375. The van der Waals surface area contributed by atoms with Gasteiger partial charge in [-0.25, -0.2) is 0 Å². The van der Waals surface area contributed by atoms with Crippen molar-refractivity contribution in [3.8, 4) is 0 Å².